The number of hydrogen-bond donors (Lipinski definition) is 0. The first-order valence-corrected chi connectivity index (χ1v) is 7.28. The SMILES string of the molecule is N#CC(CC[N+](=O)[O-])(c1ccccc1)C(c1ccccc1)[N+](=O)[O-]. The van der Waals surface area contributed by atoms with Crippen LogP contribution >= 0.6 is 0 Å². The molecular formula is C17H15N3O4. The lowest BCUT2D eigenvalue weighted by Crippen LogP contribution is -2.38. The molecule has 2 rings (SSSR count). The molecule has 0 saturated heterocycles. The summed E-state index contributed by atoms with van der Waals surface area (Å²) in [6.45, 7) is -0.528. The molecule has 7 nitrogen and oxygen atoms in total. The van der Waals surface area contributed by atoms with Crippen LogP contribution in [0.3, 0.4) is 0 Å². The van der Waals surface area contributed by atoms with E-state index in [2.05, 4.69) is 0 Å². The molecule has 0 radical (unpaired) electrons. The van der Waals surface area contributed by atoms with Gasteiger partial charge in [-0.2, -0.15) is 5.26 Å². The van der Waals surface area contributed by atoms with E-state index in [1.165, 1.54) is 0 Å². The van der Waals surface area contributed by atoms with Gasteiger partial charge in [0.25, 0.3) is 6.04 Å². The van der Waals surface area contributed by atoms with Crippen LogP contribution in [0.4, 0.5) is 0 Å². The molecule has 0 saturated carbocycles. The van der Waals surface area contributed by atoms with Gasteiger partial charge in [0.15, 0.2) is 5.41 Å². The van der Waals surface area contributed by atoms with Crippen molar-refractivity contribution in [3.63, 3.8) is 0 Å². The molecule has 0 aliphatic heterocycles. The summed E-state index contributed by atoms with van der Waals surface area (Å²) in [6, 6.07) is 17.0. The van der Waals surface area contributed by atoms with Crippen molar-refractivity contribution in [2.45, 2.75) is 17.9 Å². The van der Waals surface area contributed by atoms with Gasteiger partial charge < -0.3 is 0 Å². The maximum Gasteiger partial charge on any atom is 0.260 e. The van der Waals surface area contributed by atoms with Crippen LogP contribution in [0.15, 0.2) is 60.7 Å². The van der Waals surface area contributed by atoms with Crippen molar-refractivity contribution >= 4 is 0 Å². The van der Waals surface area contributed by atoms with Crippen molar-refractivity contribution in [1.29, 1.82) is 5.26 Å². The zero-order chi connectivity index (χ0) is 17.6. The Kier molecular flexibility index (Phi) is 5.22. The van der Waals surface area contributed by atoms with Crippen LogP contribution in [0.25, 0.3) is 0 Å². The lowest BCUT2D eigenvalue weighted by Gasteiger charge is -2.28. The molecule has 0 aliphatic carbocycles. The minimum Gasteiger partial charge on any atom is -0.265 e. The second kappa shape index (κ2) is 7.33. The summed E-state index contributed by atoms with van der Waals surface area (Å²) < 4.78 is 0. The first kappa shape index (κ1) is 17.1. The van der Waals surface area contributed by atoms with E-state index in [0.717, 1.165) is 0 Å². The van der Waals surface area contributed by atoms with Crippen molar-refractivity contribution in [1.82, 2.24) is 0 Å². The fraction of sp³-hybridized carbons (Fsp3) is 0.235. The first-order chi connectivity index (χ1) is 11.5. The van der Waals surface area contributed by atoms with E-state index in [1.807, 2.05) is 6.07 Å². The highest BCUT2D eigenvalue weighted by molar-refractivity contribution is 5.38. The summed E-state index contributed by atoms with van der Waals surface area (Å²) in [7, 11) is 0. The fourth-order valence-electron chi connectivity index (χ4n) is 2.85. The molecule has 0 aliphatic rings. The predicted octanol–water partition coefficient (Wildman–Crippen LogP) is 3.13. The molecule has 0 heterocycles. The molecule has 24 heavy (non-hydrogen) atoms. The third-order valence-corrected chi connectivity index (χ3v) is 3.97. The number of rotatable bonds is 7. The zero-order valence-corrected chi connectivity index (χ0v) is 12.7. The highest BCUT2D eigenvalue weighted by Crippen LogP contribution is 2.42. The predicted molar refractivity (Wildman–Crippen MR) is 86.4 cm³/mol. The van der Waals surface area contributed by atoms with Crippen LogP contribution in [-0.2, 0) is 5.41 Å². The van der Waals surface area contributed by atoms with Gasteiger partial charge in [0, 0.05) is 21.8 Å². The third-order valence-electron chi connectivity index (χ3n) is 3.97. The van der Waals surface area contributed by atoms with Crippen molar-refractivity contribution in [3.8, 4) is 6.07 Å². The molecule has 0 N–H and O–H groups in total. The van der Waals surface area contributed by atoms with Gasteiger partial charge >= 0.3 is 0 Å². The Bertz CT molecular complexity index is 758. The Morgan fingerprint density at radius 1 is 1.00 bits per heavy atom. The van der Waals surface area contributed by atoms with Crippen molar-refractivity contribution < 1.29 is 9.85 Å². The van der Waals surface area contributed by atoms with E-state index in [1.54, 1.807) is 60.7 Å². The number of nitriles is 1. The van der Waals surface area contributed by atoms with Crippen molar-refractivity contribution in [2.75, 3.05) is 6.54 Å². The monoisotopic (exact) mass is 325 g/mol. The Balaban J connectivity index is 2.64. The van der Waals surface area contributed by atoms with Crippen LogP contribution in [0.2, 0.25) is 0 Å². The summed E-state index contributed by atoms with van der Waals surface area (Å²) in [4.78, 5) is 21.6. The molecule has 2 atom stereocenters. The number of hydrogen-bond acceptors (Lipinski definition) is 5. The van der Waals surface area contributed by atoms with E-state index in [9.17, 15) is 25.5 Å². The third kappa shape index (κ3) is 3.38. The van der Waals surface area contributed by atoms with Crippen LogP contribution in [0.5, 0.6) is 0 Å². The molecule has 0 bridgehead atoms. The lowest BCUT2D eigenvalue weighted by molar-refractivity contribution is -0.543. The molecule has 122 valence electrons. The second-order valence-electron chi connectivity index (χ2n) is 5.35. The van der Waals surface area contributed by atoms with E-state index < -0.39 is 27.8 Å². The van der Waals surface area contributed by atoms with Gasteiger partial charge in [0.2, 0.25) is 6.54 Å². The Labute approximate surface area is 138 Å². The van der Waals surface area contributed by atoms with Gasteiger partial charge in [0.05, 0.1) is 6.07 Å². The summed E-state index contributed by atoms with van der Waals surface area (Å²) in [5.41, 5.74) is -0.879. The maximum atomic E-state index is 11.8. The molecule has 0 amide bonds. The molecule has 0 aromatic heterocycles. The van der Waals surface area contributed by atoms with Crippen molar-refractivity contribution in [2.24, 2.45) is 0 Å². The smallest absolute Gasteiger partial charge is 0.260 e. The molecule has 7 heteroatoms. The van der Waals surface area contributed by atoms with E-state index >= 15 is 0 Å². The molecule has 2 aromatic rings. The summed E-state index contributed by atoms with van der Waals surface area (Å²) in [5.74, 6) is 0. The van der Waals surface area contributed by atoms with Gasteiger partial charge in [-0.1, -0.05) is 60.7 Å². The molecule has 0 fully saturated rings. The summed E-state index contributed by atoms with van der Waals surface area (Å²) >= 11 is 0. The summed E-state index contributed by atoms with van der Waals surface area (Å²) in [5, 5.41) is 32.5. The Morgan fingerprint density at radius 3 is 2.00 bits per heavy atom. The second-order valence-corrected chi connectivity index (χ2v) is 5.35. The molecular weight excluding hydrogens is 310 g/mol. The number of nitrogens with zero attached hydrogens (tertiary/aromatic N) is 3. The Morgan fingerprint density at radius 2 is 1.54 bits per heavy atom. The average molecular weight is 325 g/mol. The van der Waals surface area contributed by atoms with E-state index in [0.29, 0.717) is 11.1 Å². The van der Waals surface area contributed by atoms with E-state index in [4.69, 9.17) is 0 Å². The molecule has 2 unspecified atom stereocenters. The zero-order valence-electron chi connectivity index (χ0n) is 12.7. The van der Waals surface area contributed by atoms with E-state index in [-0.39, 0.29) is 6.42 Å². The van der Waals surface area contributed by atoms with Crippen molar-refractivity contribution in [3.05, 3.63) is 92.0 Å². The fourth-order valence-corrected chi connectivity index (χ4v) is 2.85. The van der Waals surface area contributed by atoms with Gasteiger partial charge in [-0.05, 0) is 5.56 Å². The molecule has 2 aromatic carbocycles. The van der Waals surface area contributed by atoms with Crippen LogP contribution in [-0.4, -0.2) is 16.4 Å². The van der Waals surface area contributed by atoms with Crippen LogP contribution < -0.4 is 0 Å². The standard InChI is InChI=1S/C17H15N3O4/c18-13-17(11-12-19(21)22,15-9-5-2-6-10-15)16(20(23)24)14-7-3-1-4-8-14/h1-10,16H,11-12H2. The van der Waals surface area contributed by atoms with Gasteiger partial charge in [0.1, 0.15) is 0 Å². The van der Waals surface area contributed by atoms with Crippen LogP contribution in [0.1, 0.15) is 23.6 Å². The largest absolute Gasteiger partial charge is 0.265 e. The minimum atomic E-state index is -1.63. The van der Waals surface area contributed by atoms with Gasteiger partial charge in [-0.3, -0.25) is 20.2 Å². The maximum absolute atomic E-state index is 11.8. The van der Waals surface area contributed by atoms with Gasteiger partial charge in [-0.15, -0.1) is 0 Å². The Hall–Kier alpha value is -3.27. The normalized spacial score (nSPS) is 14.1. The minimum absolute atomic E-state index is 0.249. The number of nitro groups is 2. The quantitative estimate of drug-likeness (QED) is 0.573. The number of benzene rings is 2. The lowest BCUT2D eigenvalue weighted by atomic mass is 9.70. The average Bonchev–Trinajstić information content (AvgIpc) is 2.59. The van der Waals surface area contributed by atoms with Gasteiger partial charge in [-0.25, -0.2) is 0 Å². The highest BCUT2D eigenvalue weighted by Gasteiger charge is 2.50. The molecule has 0 spiro atoms. The summed E-state index contributed by atoms with van der Waals surface area (Å²) in [6.07, 6.45) is -0.249. The first-order valence-electron chi connectivity index (χ1n) is 7.28. The van der Waals surface area contributed by atoms with Crippen LogP contribution in [0, 0.1) is 31.6 Å². The topological polar surface area (TPSA) is 110 Å². The highest BCUT2D eigenvalue weighted by atomic mass is 16.6.